The Morgan fingerprint density at radius 1 is 0.741 bits per heavy atom. The minimum atomic E-state index is 0.193. The minimum absolute atomic E-state index is 0.193. The zero-order valence-electron chi connectivity index (χ0n) is 15.9. The molecule has 1 N–H and O–H groups in total. The summed E-state index contributed by atoms with van der Waals surface area (Å²) in [5.41, 5.74) is 3.45. The first-order valence-corrected chi connectivity index (χ1v) is 10.3. The number of amides is 1. The first-order valence-electron chi connectivity index (χ1n) is 10.3. The van der Waals surface area contributed by atoms with Crippen LogP contribution >= 0.6 is 0 Å². The van der Waals surface area contributed by atoms with Gasteiger partial charge < -0.3 is 15.1 Å². The Bertz CT molecular complexity index is 730. The molecule has 4 heteroatoms. The first kappa shape index (κ1) is 17.9. The summed E-state index contributed by atoms with van der Waals surface area (Å²) < 4.78 is 0. The molecule has 4 rings (SSSR count). The van der Waals surface area contributed by atoms with Crippen LogP contribution in [0.3, 0.4) is 0 Å². The summed E-state index contributed by atoms with van der Waals surface area (Å²) in [6.45, 7) is 4.10. The van der Waals surface area contributed by atoms with Gasteiger partial charge in [-0.1, -0.05) is 37.5 Å². The summed E-state index contributed by atoms with van der Waals surface area (Å²) >= 11 is 0. The molecule has 0 unspecified atom stereocenters. The predicted octanol–water partition coefficient (Wildman–Crippen LogP) is 4.53. The smallest absolute Gasteiger partial charge is 0.227 e. The van der Waals surface area contributed by atoms with Gasteiger partial charge in [0.1, 0.15) is 0 Å². The fourth-order valence-corrected chi connectivity index (χ4v) is 4.23. The molecule has 4 nitrogen and oxygen atoms in total. The largest absolute Gasteiger partial charge is 0.368 e. The van der Waals surface area contributed by atoms with Crippen LogP contribution in [0.4, 0.5) is 17.1 Å². The van der Waals surface area contributed by atoms with Crippen molar-refractivity contribution in [1.82, 2.24) is 0 Å². The van der Waals surface area contributed by atoms with Crippen molar-refractivity contribution in [2.75, 3.05) is 41.3 Å². The second-order valence-corrected chi connectivity index (χ2v) is 7.68. The third kappa shape index (κ3) is 4.44. The van der Waals surface area contributed by atoms with Gasteiger partial charge in [-0.3, -0.25) is 4.79 Å². The van der Waals surface area contributed by atoms with E-state index in [4.69, 9.17) is 0 Å². The Morgan fingerprint density at radius 2 is 1.30 bits per heavy atom. The molecule has 0 radical (unpaired) electrons. The van der Waals surface area contributed by atoms with Crippen molar-refractivity contribution in [1.29, 1.82) is 0 Å². The van der Waals surface area contributed by atoms with Crippen LogP contribution in [0.1, 0.15) is 32.1 Å². The second-order valence-electron chi connectivity index (χ2n) is 7.68. The highest BCUT2D eigenvalue weighted by atomic mass is 16.1. The lowest BCUT2D eigenvalue weighted by molar-refractivity contribution is -0.120. The van der Waals surface area contributed by atoms with E-state index in [-0.39, 0.29) is 11.8 Å². The van der Waals surface area contributed by atoms with E-state index < -0.39 is 0 Å². The van der Waals surface area contributed by atoms with Crippen molar-refractivity contribution in [2.24, 2.45) is 5.92 Å². The summed E-state index contributed by atoms with van der Waals surface area (Å²) in [5.74, 6) is 0.392. The van der Waals surface area contributed by atoms with Crippen molar-refractivity contribution in [2.45, 2.75) is 32.1 Å². The monoisotopic (exact) mass is 363 g/mol. The molecule has 2 fully saturated rings. The van der Waals surface area contributed by atoms with Gasteiger partial charge >= 0.3 is 0 Å². The van der Waals surface area contributed by atoms with Gasteiger partial charge in [-0.25, -0.2) is 0 Å². The molecular formula is C23H29N3O. The summed E-state index contributed by atoms with van der Waals surface area (Å²) in [6, 6.07) is 19.0. The molecule has 2 aliphatic rings. The number of hydrogen-bond donors (Lipinski definition) is 1. The zero-order chi connectivity index (χ0) is 18.5. The molecule has 1 amide bonds. The number of carbonyl (C=O) groups is 1. The topological polar surface area (TPSA) is 35.6 Å². The zero-order valence-corrected chi connectivity index (χ0v) is 15.9. The SMILES string of the molecule is O=C(Nc1ccc(N2CCN(c3ccccc3)CC2)cc1)C1CCCCC1. The van der Waals surface area contributed by atoms with Crippen LogP contribution in [-0.4, -0.2) is 32.1 Å². The van der Waals surface area contributed by atoms with E-state index in [0.717, 1.165) is 44.7 Å². The molecule has 0 bridgehead atoms. The number of nitrogens with zero attached hydrogens (tertiary/aromatic N) is 2. The van der Waals surface area contributed by atoms with E-state index in [0.29, 0.717) is 0 Å². The number of nitrogens with one attached hydrogen (secondary N) is 1. The average Bonchev–Trinajstić information content (AvgIpc) is 2.76. The quantitative estimate of drug-likeness (QED) is 0.867. The standard InChI is InChI=1S/C23H29N3O/c27-23(19-7-3-1-4-8-19)24-20-11-13-22(14-12-20)26-17-15-25(16-18-26)21-9-5-2-6-10-21/h2,5-6,9-14,19H,1,3-4,7-8,15-18H2,(H,24,27). The van der Waals surface area contributed by atoms with E-state index in [9.17, 15) is 4.79 Å². The van der Waals surface area contributed by atoms with Gasteiger partial charge in [-0.05, 0) is 49.2 Å². The maximum absolute atomic E-state index is 12.4. The van der Waals surface area contributed by atoms with Crippen LogP contribution in [0.15, 0.2) is 54.6 Å². The Balaban J connectivity index is 1.31. The molecule has 1 saturated heterocycles. The number of anilines is 3. The third-order valence-corrected chi connectivity index (χ3v) is 5.88. The Morgan fingerprint density at radius 3 is 1.89 bits per heavy atom. The second kappa shape index (κ2) is 8.47. The lowest BCUT2D eigenvalue weighted by Crippen LogP contribution is -2.46. The first-order chi connectivity index (χ1) is 13.3. The number of benzene rings is 2. The van der Waals surface area contributed by atoms with Gasteiger partial charge in [0.25, 0.3) is 0 Å². The molecule has 2 aromatic carbocycles. The highest BCUT2D eigenvalue weighted by molar-refractivity contribution is 5.92. The van der Waals surface area contributed by atoms with Crippen molar-refractivity contribution in [3.05, 3.63) is 54.6 Å². The fraction of sp³-hybridized carbons (Fsp3) is 0.435. The molecule has 0 aromatic heterocycles. The molecular weight excluding hydrogens is 334 g/mol. The molecule has 142 valence electrons. The molecule has 1 aliphatic carbocycles. The lowest BCUT2D eigenvalue weighted by atomic mass is 9.88. The molecule has 0 atom stereocenters. The van der Waals surface area contributed by atoms with Crippen molar-refractivity contribution in [3.8, 4) is 0 Å². The summed E-state index contributed by atoms with van der Waals surface area (Å²) in [6.07, 6.45) is 5.72. The molecule has 27 heavy (non-hydrogen) atoms. The molecule has 2 aromatic rings. The van der Waals surface area contributed by atoms with Crippen LogP contribution in [0.5, 0.6) is 0 Å². The van der Waals surface area contributed by atoms with Gasteiger partial charge in [0, 0.05) is 49.2 Å². The maximum atomic E-state index is 12.4. The van der Waals surface area contributed by atoms with Gasteiger partial charge in [0.05, 0.1) is 0 Å². The van der Waals surface area contributed by atoms with E-state index in [1.54, 1.807) is 0 Å². The lowest BCUT2D eigenvalue weighted by Gasteiger charge is -2.37. The molecule has 1 heterocycles. The number of rotatable bonds is 4. The summed E-state index contributed by atoms with van der Waals surface area (Å²) in [7, 11) is 0. The van der Waals surface area contributed by atoms with Crippen molar-refractivity contribution in [3.63, 3.8) is 0 Å². The summed E-state index contributed by atoms with van der Waals surface area (Å²) in [4.78, 5) is 17.3. The highest BCUT2D eigenvalue weighted by Crippen LogP contribution is 2.26. The Kier molecular flexibility index (Phi) is 5.61. The molecule has 1 saturated carbocycles. The van der Waals surface area contributed by atoms with Crippen molar-refractivity contribution >= 4 is 23.0 Å². The van der Waals surface area contributed by atoms with Gasteiger partial charge in [0.2, 0.25) is 5.91 Å². The molecule has 1 aliphatic heterocycles. The van der Waals surface area contributed by atoms with E-state index in [1.807, 2.05) is 12.1 Å². The molecule has 0 spiro atoms. The third-order valence-electron chi connectivity index (χ3n) is 5.88. The number of hydrogen-bond acceptors (Lipinski definition) is 3. The van der Waals surface area contributed by atoms with E-state index >= 15 is 0 Å². The minimum Gasteiger partial charge on any atom is -0.368 e. The fourth-order valence-electron chi connectivity index (χ4n) is 4.23. The highest BCUT2D eigenvalue weighted by Gasteiger charge is 2.21. The van der Waals surface area contributed by atoms with Crippen LogP contribution in [-0.2, 0) is 4.79 Å². The average molecular weight is 364 g/mol. The van der Waals surface area contributed by atoms with Gasteiger partial charge in [-0.2, -0.15) is 0 Å². The predicted molar refractivity (Wildman–Crippen MR) is 113 cm³/mol. The van der Waals surface area contributed by atoms with E-state index in [1.165, 1.54) is 30.6 Å². The normalized spacial score (nSPS) is 18.4. The van der Waals surface area contributed by atoms with E-state index in [2.05, 4.69) is 57.6 Å². The number of carbonyl (C=O) groups excluding carboxylic acids is 1. The van der Waals surface area contributed by atoms with Crippen LogP contribution in [0.25, 0.3) is 0 Å². The maximum Gasteiger partial charge on any atom is 0.227 e. The summed E-state index contributed by atoms with van der Waals surface area (Å²) in [5, 5.41) is 3.10. The Hall–Kier alpha value is -2.49. The Labute approximate surface area is 162 Å². The van der Waals surface area contributed by atoms with Crippen LogP contribution < -0.4 is 15.1 Å². The number of piperazine rings is 1. The van der Waals surface area contributed by atoms with Gasteiger partial charge in [-0.15, -0.1) is 0 Å². The van der Waals surface area contributed by atoms with Crippen LogP contribution in [0, 0.1) is 5.92 Å². The van der Waals surface area contributed by atoms with Gasteiger partial charge in [0.15, 0.2) is 0 Å². The number of para-hydroxylation sites is 1. The van der Waals surface area contributed by atoms with Crippen molar-refractivity contribution < 1.29 is 4.79 Å². The van der Waals surface area contributed by atoms with Crippen LogP contribution in [0.2, 0.25) is 0 Å².